The molecule has 1 heterocycles. The topological polar surface area (TPSA) is 145 Å². The van der Waals surface area contributed by atoms with Crippen molar-refractivity contribution in [3.05, 3.63) is 0 Å². The molecular formula is C76H145NO12. The minimum Gasteiger partial charge on any atom is -0.466 e. The molecular weight excluding hydrogens is 1120 g/mol. The summed E-state index contributed by atoms with van der Waals surface area (Å²) in [6.45, 7) is 17.4. The molecule has 89 heavy (non-hydrogen) atoms. The van der Waals surface area contributed by atoms with Gasteiger partial charge in [-0.3, -0.25) is 19.2 Å². The molecule has 13 nitrogen and oxygen atoms in total. The fraction of sp³-hybridized carbons (Fsp3) is 0.947. The van der Waals surface area contributed by atoms with Crippen LogP contribution in [-0.2, 0) is 57.1 Å². The first-order valence-electron chi connectivity index (χ1n) is 38.3. The molecule has 1 rings (SSSR count). The highest BCUT2D eigenvalue weighted by atomic mass is 16.7. The molecule has 0 amide bonds. The summed E-state index contributed by atoms with van der Waals surface area (Å²) >= 11 is 0. The number of carbonyl (C=O) groups excluding carboxylic acids is 4. The van der Waals surface area contributed by atoms with Crippen molar-refractivity contribution in [2.75, 3.05) is 66.9 Å². The molecule has 0 bridgehead atoms. The minimum atomic E-state index is -0.656. The number of rotatable bonds is 68. The zero-order valence-electron chi connectivity index (χ0n) is 59.7. The molecule has 0 aromatic carbocycles. The maximum absolute atomic E-state index is 12.9. The van der Waals surface area contributed by atoms with Gasteiger partial charge in [0.05, 0.1) is 26.2 Å². The van der Waals surface area contributed by atoms with E-state index in [1.807, 2.05) is 19.0 Å². The second-order valence-corrected chi connectivity index (χ2v) is 27.0. The molecule has 1 fully saturated rings. The Bertz CT molecular complexity index is 1550. The summed E-state index contributed by atoms with van der Waals surface area (Å²) in [6, 6.07) is 0. The van der Waals surface area contributed by atoms with Gasteiger partial charge in [-0.05, 0) is 89.6 Å². The summed E-state index contributed by atoms with van der Waals surface area (Å²) in [5.74, 6) is 1.55. The summed E-state index contributed by atoms with van der Waals surface area (Å²) in [7, 11) is 3.89. The van der Waals surface area contributed by atoms with Crippen molar-refractivity contribution in [1.82, 2.24) is 4.90 Å². The zero-order chi connectivity index (χ0) is 64.9. The van der Waals surface area contributed by atoms with Crippen LogP contribution in [0.1, 0.15) is 356 Å². The molecule has 0 aromatic heterocycles. The van der Waals surface area contributed by atoms with Gasteiger partial charge in [-0.25, -0.2) is 0 Å². The molecule has 0 radical (unpaired) electrons. The van der Waals surface area contributed by atoms with E-state index in [1.54, 1.807) is 0 Å². The zero-order valence-corrected chi connectivity index (χ0v) is 59.7. The Kier molecular flexibility index (Phi) is 60.0. The molecule has 0 saturated carbocycles. The van der Waals surface area contributed by atoms with Crippen LogP contribution in [0.2, 0.25) is 0 Å². The first kappa shape index (κ1) is 84.7. The third kappa shape index (κ3) is 51.7. The minimum absolute atomic E-state index is 0.0567. The van der Waals surface area contributed by atoms with E-state index >= 15 is 0 Å². The van der Waals surface area contributed by atoms with E-state index in [1.165, 1.54) is 154 Å². The van der Waals surface area contributed by atoms with Gasteiger partial charge in [-0.15, -0.1) is 0 Å². The maximum atomic E-state index is 12.9. The highest BCUT2D eigenvalue weighted by Gasteiger charge is 2.47. The summed E-state index contributed by atoms with van der Waals surface area (Å²) in [4.78, 5) is 52.7. The van der Waals surface area contributed by atoms with Gasteiger partial charge in [-0.2, -0.15) is 0 Å². The molecule has 1 aliphatic rings. The highest BCUT2D eigenvalue weighted by molar-refractivity contribution is 5.70. The normalized spacial score (nSPS) is 16.0. The van der Waals surface area contributed by atoms with Gasteiger partial charge in [0.25, 0.3) is 0 Å². The molecule has 13 heteroatoms. The molecule has 526 valence electrons. The molecule has 0 aromatic rings. The van der Waals surface area contributed by atoms with E-state index in [-0.39, 0.29) is 36.9 Å². The molecule has 4 atom stereocenters. The molecule has 1 saturated heterocycles. The van der Waals surface area contributed by atoms with Crippen molar-refractivity contribution in [3.63, 3.8) is 0 Å². The number of nitrogens with zero attached hydrogens (tertiary/aromatic N) is 1. The van der Waals surface area contributed by atoms with Crippen molar-refractivity contribution in [2.24, 2.45) is 17.8 Å². The van der Waals surface area contributed by atoms with Crippen LogP contribution in [0.15, 0.2) is 0 Å². The maximum Gasteiger partial charge on any atom is 0.307 e. The van der Waals surface area contributed by atoms with Crippen LogP contribution in [0.4, 0.5) is 0 Å². The van der Waals surface area contributed by atoms with Crippen LogP contribution < -0.4 is 0 Å². The quantitative estimate of drug-likeness (QED) is 0.0324. The van der Waals surface area contributed by atoms with Crippen molar-refractivity contribution in [3.8, 4) is 0 Å². The van der Waals surface area contributed by atoms with Gasteiger partial charge in [-0.1, -0.05) is 273 Å². The van der Waals surface area contributed by atoms with E-state index in [4.69, 9.17) is 37.9 Å². The van der Waals surface area contributed by atoms with Gasteiger partial charge < -0.3 is 42.8 Å². The van der Waals surface area contributed by atoms with Gasteiger partial charge in [0.2, 0.25) is 0 Å². The average Bonchev–Trinajstić information content (AvgIpc) is 2.17. The van der Waals surface area contributed by atoms with Gasteiger partial charge >= 0.3 is 23.9 Å². The lowest BCUT2D eigenvalue weighted by atomic mass is 9.92. The van der Waals surface area contributed by atoms with Gasteiger partial charge in [0, 0.05) is 45.6 Å². The second kappa shape index (κ2) is 63.1. The number of unbranched alkanes of at least 4 members (excludes halogenated alkanes) is 27. The fourth-order valence-electron chi connectivity index (χ4n) is 12.4. The summed E-state index contributed by atoms with van der Waals surface area (Å²) in [6.07, 6.45) is 50.5. The summed E-state index contributed by atoms with van der Waals surface area (Å²) in [5, 5.41) is 0. The molecule has 0 N–H and O–H groups in total. The summed E-state index contributed by atoms with van der Waals surface area (Å²) < 4.78 is 49.4. The average molecular weight is 1260 g/mol. The molecule has 1 aliphatic heterocycles. The van der Waals surface area contributed by atoms with Crippen LogP contribution in [0, 0.1) is 17.8 Å². The smallest absolute Gasteiger partial charge is 0.307 e. The van der Waals surface area contributed by atoms with Crippen molar-refractivity contribution in [1.29, 1.82) is 0 Å². The van der Waals surface area contributed by atoms with Crippen LogP contribution in [-0.4, -0.2) is 120 Å². The van der Waals surface area contributed by atoms with Gasteiger partial charge in [0.15, 0.2) is 6.29 Å². The summed E-state index contributed by atoms with van der Waals surface area (Å²) in [5.41, 5.74) is 0. The van der Waals surface area contributed by atoms with Crippen LogP contribution in [0.25, 0.3) is 0 Å². The largest absolute Gasteiger partial charge is 0.466 e. The van der Waals surface area contributed by atoms with Crippen LogP contribution in [0.5, 0.6) is 0 Å². The van der Waals surface area contributed by atoms with Crippen LogP contribution in [0.3, 0.4) is 0 Å². The first-order chi connectivity index (χ1) is 43.5. The lowest BCUT2D eigenvalue weighted by Gasteiger charge is -2.25. The van der Waals surface area contributed by atoms with Crippen molar-refractivity contribution in [2.45, 2.75) is 381 Å². The Balaban J connectivity index is 2.78. The van der Waals surface area contributed by atoms with E-state index in [2.05, 4.69) is 41.5 Å². The van der Waals surface area contributed by atoms with Crippen LogP contribution >= 0.6 is 0 Å². The Morgan fingerprint density at radius 2 is 0.607 bits per heavy atom. The number of hydrogen-bond acceptors (Lipinski definition) is 13. The Morgan fingerprint density at radius 1 is 0.315 bits per heavy atom. The third-order valence-corrected chi connectivity index (χ3v) is 18.3. The lowest BCUT2D eigenvalue weighted by Crippen LogP contribution is -2.40. The highest BCUT2D eigenvalue weighted by Crippen LogP contribution is 2.30. The lowest BCUT2D eigenvalue weighted by molar-refractivity contribution is -0.184. The number of carbonyl (C=O) groups is 4. The fourth-order valence-corrected chi connectivity index (χ4v) is 12.4. The Morgan fingerprint density at radius 3 is 0.933 bits per heavy atom. The first-order valence-corrected chi connectivity index (χ1v) is 38.3. The van der Waals surface area contributed by atoms with E-state index in [0.717, 1.165) is 135 Å². The molecule has 0 spiro atoms. The number of ether oxygens (including phenoxy) is 8. The Labute approximate surface area is 548 Å². The van der Waals surface area contributed by atoms with Gasteiger partial charge in [0.1, 0.15) is 24.9 Å². The monoisotopic (exact) mass is 1260 g/mol. The van der Waals surface area contributed by atoms with E-state index in [9.17, 15) is 19.2 Å². The molecule has 0 unspecified atom stereocenters. The third-order valence-electron chi connectivity index (χ3n) is 18.3. The van der Waals surface area contributed by atoms with E-state index < -0.39 is 24.6 Å². The van der Waals surface area contributed by atoms with Crippen molar-refractivity contribution < 1.29 is 57.1 Å². The predicted molar refractivity (Wildman–Crippen MR) is 367 cm³/mol. The van der Waals surface area contributed by atoms with E-state index in [0.29, 0.717) is 83.2 Å². The number of esters is 4. The van der Waals surface area contributed by atoms with Crippen molar-refractivity contribution >= 4 is 23.9 Å². The Hall–Kier alpha value is -2.32. The number of hydrogen-bond donors (Lipinski definition) is 0. The SMILES string of the molecule is CCCCCC(CCCCC)CCOC(=O)CCCCCCCCO[C@@H]1O[C@H](COC(=O)CCN(C)C)[C@@H](OCCCCCCCCC(=O)OCCC(CCCCC)CCCCC)[C@H]1OCCCCCCCCC(=O)OCCC(CCCCC)CCCCC. The predicted octanol–water partition coefficient (Wildman–Crippen LogP) is 20.3. The standard InChI is InChI=1S/C76H145NO12/c1-9-15-33-45-66(46-34-16-10-2)55-62-82-70(78)51-39-27-21-24-30-42-59-85-74-69(65-88-73(81)54-58-77(7)8)89-76(87-61-44-32-26-23-29-41-53-72(80)84-64-57-68(49-37-19-13-5)50-38-20-14-6)75(74)86-60-43-31-25-22-28-40-52-71(79)83-63-56-67(47-35-17-11-3)48-36-18-12-4/h66-69,74-76H,9-65H2,1-8H3/t69-,74-,75-,76-/m1/s1. The molecule has 0 aliphatic carbocycles. The second-order valence-electron chi connectivity index (χ2n) is 27.0.